The summed E-state index contributed by atoms with van der Waals surface area (Å²) in [6.07, 6.45) is -6.40. The smallest absolute Gasteiger partial charge is 0.370 e. The van der Waals surface area contributed by atoms with Gasteiger partial charge in [0.05, 0.1) is 18.8 Å². The predicted molar refractivity (Wildman–Crippen MR) is 102 cm³/mol. The molecule has 0 radical (unpaired) electrons. The summed E-state index contributed by atoms with van der Waals surface area (Å²) in [5, 5.41) is 2.39. The summed E-state index contributed by atoms with van der Waals surface area (Å²) < 4.78 is 71.1. The van der Waals surface area contributed by atoms with Crippen molar-refractivity contribution in [3.63, 3.8) is 0 Å². The maximum absolute atomic E-state index is 13.6. The Morgan fingerprint density at radius 3 is 2.58 bits per heavy atom. The van der Waals surface area contributed by atoms with E-state index < -0.39 is 48.6 Å². The number of amides is 2. The molecule has 3 rings (SSSR count). The fourth-order valence-corrected chi connectivity index (χ4v) is 3.55. The Kier molecular flexibility index (Phi) is 7.12. The number of nitrogens with two attached hydrogens (primary N) is 1. The van der Waals surface area contributed by atoms with Gasteiger partial charge in [-0.25, -0.2) is 8.78 Å². The van der Waals surface area contributed by atoms with Crippen molar-refractivity contribution in [2.75, 3.05) is 43.1 Å². The molecule has 2 fully saturated rings. The second kappa shape index (κ2) is 9.45. The number of hydrogen-bond donors (Lipinski definition) is 2. The highest BCUT2D eigenvalue weighted by atomic mass is 19.4. The SMILES string of the molecule is NC[C@@H](C(=O)Nc1ccc(N2CCOCC2=O)c(C(F)F)c1)N(CC(F)(F)F)C1CC1. The molecule has 172 valence electrons. The van der Waals surface area contributed by atoms with Crippen LogP contribution in [0.25, 0.3) is 0 Å². The molecule has 1 saturated heterocycles. The molecule has 1 aromatic rings. The molecule has 1 heterocycles. The minimum atomic E-state index is -4.51. The van der Waals surface area contributed by atoms with Crippen LogP contribution in [0.2, 0.25) is 0 Å². The number of nitrogens with one attached hydrogen (secondary N) is 1. The fourth-order valence-electron chi connectivity index (χ4n) is 3.55. The van der Waals surface area contributed by atoms with E-state index in [1.165, 1.54) is 17.0 Å². The summed E-state index contributed by atoms with van der Waals surface area (Å²) in [5.41, 5.74) is 5.07. The first kappa shape index (κ1) is 23.4. The largest absolute Gasteiger partial charge is 0.401 e. The lowest BCUT2D eigenvalue weighted by molar-refractivity contribution is -0.154. The van der Waals surface area contributed by atoms with Gasteiger partial charge in [0.1, 0.15) is 12.6 Å². The first-order chi connectivity index (χ1) is 14.6. The summed E-state index contributed by atoms with van der Waals surface area (Å²) in [7, 11) is 0. The number of carbonyl (C=O) groups is 2. The summed E-state index contributed by atoms with van der Waals surface area (Å²) in [5.74, 6) is -1.28. The van der Waals surface area contributed by atoms with Crippen LogP contribution in [0, 0.1) is 0 Å². The minimum absolute atomic E-state index is 0.00616. The van der Waals surface area contributed by atoms with Gasteiger partial charge in [-0.3, -0.25) is 14.5 Å². The van der Waals surface area contributed by atoms with Crippen LogP contribution in [0.1, 0.15) is 24.8 Å². The van der Waals surface area contributed by atoms with E-state index >= 15 is 0 Å². The number of alkyl halides is 5. The Morgan fingerprint density at radius 1 is 1.32 bits per heavy atom. The summed E-state index contributed by atoms with van der Waals surface area (Å²) >= 11 is 0. The van der Waals surface area contributed by atoms with Gasteiger partial charge in [-0.05, 0) is 31.0 Å². The summed E-state index contributed by atoms with van der Waals surface area (Å²) in [6.45, 7) is -1.57. The quantitative estimate of drug-likeness (QED) is 0.594. The zero-order valence-electron chi connectivity index (χ0n) is 16.5. The molecule has 1 aromatic carbocycles. The van der Waals surface area contributed by atoms with Crippen LogP contribution in [0.15, 0.2) is 18.2 Å². The average molecular weight is 450 g/mol. The van der Waals surface area contributed by atoms with Gasteiger partial charge in [-0.1, -0.05) is 0 Å². The van der Waals surface area contributed by atoms with Crippen LogP contribution in [0.3, 0.4) is 0 Å². The lowest BCUT2D eigenvalue weighted by Gasteiger charge is -2.31. The molecule has 1 atom stereocenters. The average Bonchev–Trinajstić information content (AvgIpc) is 3.52. The van der Waals surface area contributed by atoms with Crippen LogP contribution in [-0.4, -0.2) is 67.8 Å². The second-order valence-corrected chi connectivity index (χ2v) is 7.43. The van der Waals surface area contributed by atoms with Gasteiger partial charge in [0.15, 0.2) is 0 Å². The number of hydrogen-bond acceptors (Lipinski definition) is 5. The zero-order valence-corrected chi connectivity index (χ0v) is 16.5. The van der Waals surface area contributed by atoms with Crippen molar-refractivity contribution in [1.29, 1.82) is 0 Å². The Hall–Kier alpha value is -2.31. The maximum atomic E-state index is 13.6. The van der Waals surface area contributed by atoms with E-state index in [1.807, 2.05) is 0 Å². The molecule has 1 aliphatic heterocycles. The molecule has 0 unspecified atom stereocenters. The first-order valence-electron chi connectivity index (χ1n) is 9.74. The van der Waals surface area contributed by atoms with E-state index in [0.29, 0.717) is 12.8 Å². The molecule has 3 N–H and O–H groups in total. The minimum Gasteiger partial charge on any atom is -0.370 e. The Bertz CT molecular complexity index is 816. The number of morpholine rings is 1. The molecule has 2 amide bonds. The zero-order chi connectivity index (χ0) is 22.8. The van der Waals surface area contributed by atoms with Gasteiger partial charge in [-0.15, -0.1) is 0 Å². The molecule has 0 bridgehead atoms. The second-order valence-electron chi connectivity index (χ2n) is 7.43. The van der Waals surface area contributed by atoms with Crippen molar-refractivity contribution < 1.29 is 36.3 Å². The van der Waals surface area contributed by atoms with Crippen LogP contribution in [0.4, 0.5) is 33.3 Å². The Balaban J connectivity index is 1.79. The molecule has 0 spiro atoms. The highest BCUT2D eigenvalue weighted by Gasteiger charge is 2.43. The molecule has 31 heavy (non-hydrogen) atoms. The molecule has 2 aliphatic rings. The van der Waals surface area contributed by atoms with Crippen LogP contribution < -0.4 is 16.0 Å². The molecule has 0 aromatic heterocycles. The standard InChI is InChI=1S/C19H23F5N4O3/c20-17(21)13-7-11(1-4-14(13)27-5-6-31-9-16(27)29)26-18(30)15(8-25)28(12-2-3-12)10-19(22,23)24/h1,4,7,12,15,17H,2-3,5-6,8-10,25H2,(H,26,30)/t15-/m0/s1. The van der Waals surface area contributed by atoms with E-state index in [4.69, 9.17) is 10.5 Å². The Morgan fingerprint density at radius 2 is 2.03 bits per heavy atom. The van der Waals surface area contributed by atoms with Crippen molar-refractivity contribution in [2.45, 2.75) is 37.5 Å². The van der Waals surface area contributed by atoms with Crippen molar-refractivity contribution in [3.8, 4) is 0 Å². The van der Waals surface area contributed by atoms with Gasteiger partial charge < -0.3 is 20.7 Å². The van der Waals surface area contributed by atoms with Gasteiger partial charge in [-0.2, -0.15) is 13.2 Å². The number of rotatable bonds is 8. The van der Waals surface area contributed by atoms with Gasteiger partial charge in [0.2, 0.25) is 5.91 Å². The van der Waals surface area contributed by atoms with Crippen molar-refractivity contribution in [1.82, 2.24) is 4.90 Å². The number of halogens is 5. The number of ether oxygens (including phenoxy) is 1. The topological polar surface area (TPSA) is 87.9 Å². The monoisotopic (exact) mass is 450 g/mol. The third-order valence-corrected chi connectivity index (χ3v) is 5.11. The molecular formula is C19H23F5N4O3. The van der Waals surface area contributed by atoms with E-state index in [1.54, 1.807) is 0 Å². The summed E-state index contributed by atoms with van der Waals surface area (Å²) in [4.78, 5) is 26.8. The number of nitrogens with zero attached hydrogens (tertiary/aromatic N) is 2. The normalized spacial score (nSPS) is 18.6. The lowest BCUT2D eigenvalue weighted by Crippen LogP contribution is -2.52. The highest BCUT2D eigenvalue weighted by Crippen LogP contribution is 2.34. The van der Waals surface area contributed by atoms with E-state index in [9.17, 15) is 31.5 Å². The third-order valence-electron chi connectivity index (χ3n) is 5.11. The molecular weight excluding hydrogens is 427 g/mol. The molecule has 1 saturated carbocycles. The number of anilines is 2. The highest BCUT2D eigenvalue weighted by molar-refractivity contribution is 5.98. The van der Waals surface area contributed by atoms with E-state index in [0.717, 1.165) is 11.0 Å². The maximum Gasteiger partial charge on any atom is 0.401 e. The first-order valence-corrected chi connectivity index (χ1v) is 9.74. The van der Waals surface area contributed by atoms with Crippen molar-refractivity contribution in [3.05, 3.63) is 23.8 Å². The van der Waals surface area contributed by atoms with Gasteiger partial charge in [0, 0.05) is 30.4 Å². The number of carbonyl (C=O) groups excluding carboxylic acids is 2. The Labute approximate surface area is 175 Å². The predicted octanol–water partition coefficient (Wildman–Crippen LogP) is 2.28. The van der Waals surface area contributed by atoms with Gasteiger partial charge >= 0.3 is 6.18 Å². The van der Waals surface area contributed by atoms with Crippen molar-refractivity contribution >= 4 is 23.2 Å². The van der Waals surface area contributed by atoms with Crippen LogP contribution in [0.5, 0.6) is 0 Å². The lowest BCUT2D eigenvalue weighted by atomic mass is 10.1. The van der Waals surface area contributed by atoms with Gasteiger partial charge in [0.25, 0.3) is 12.3 Å². The molecule has 1 aliphatic carbocycles. The van der Waals surface area contributed by atoms with Crippen LogP contribution >= 0.6 is 0 Å². The van der Waals surface area contributed by atoms with E-state index in [2.05, 4.69) is 5.32 Å². The molecule has 7 nitrogen and oxygen atoms in total. The van der Waals surface area contributed by atoms with Crippen LogP contribution in [-0.2, 0) is 14.3 Å². The number of benzene rings is 1. The summed E-state index contributed by atoms with van der Waals surface area (Å²) in [6, 6.07) is 1.95. The van der Waals surface area contributed by atoms with Crippen molar-refractivity contribution in [2.24, 2.45) is 5.73 Å². The fraction of sp³-hybridized carbons (Fsp3) is 0.579. The van der Waals surface area contributed by atoms with E-state index in [-0.39, 0.29) is 37.7 Å². The molecule has 12 heteroatoms. The third kappa shape index (κ3) is 5.89.